The Kier molecular flexibility index (Phi) is 7.86. The van der Waals surface area contributed by atoms with Gasteiger partial charge in [0.05, 0.1) is 28.3 Å². The van der Waals surface area contributed by atoms with Gasteiger partial charge in [0, 0.05) is 72.0 Å². The Hall–Kier alpha value is -7.21. The monoisotopic (exact) mass is 748 g/mol. The van der Waals surface area contributed by atoms with Crippen LogP contribution in [0.4, 0.5) is 17.1 Å². The predicted molar refractivity (Wildman–Crippen MR) is 235 cm³/mol. The van der Waals surface area contributed by atoms with Crippen LogP contribution in [0.25, 0.3) is 49.7 Å². The number of benzene rings is 7. The van der Waals surface area contributed by atoms with Gasteiger partial charge in [-0.15, -0.1) is 10.0 Å². The molecule has 10 aromatic rings. The van der Waals surface area contributed by atoms with E-state index in [0.717, 1.165) is 56.0 Å². The maximum atomic E-state index is 4.79. The summed E-state index contributed by atoms with van der Waals surface area (Å²) in [5.74, 6) is 0. The Morgan fingerprint density at radius 2 is 0.982 bits per heavy atom. The molecule has 0 saturated carbocycles. The Morgan fingerprint density at radius 1 is 0.404 bits per heavy atom. The molecule has 0 atom stereocenters. The van der Waals surface area contributed by atoms with Crippen molar-refractivity contribution in [3.8, 4) is 28.1 Å². The van der Waals surface area contributed by atoms with E-state index < -0.39 is 10.0 Å². The molecule has 7 aromatic carbocycles. The first-order chi connectivity index (χ1) is 28.3. The van der Waals surface area contributed by atoms with Crippen molar-refractivity contribution in [2.45, 2.75) is 19.6 Å². The van der Waals surface area contributed by atoms with Gasteiger partial charge in [0.25, 0.3) is 0 Å². The highest BCUT2D eigenvalue weighted by Crippen LogP contribution is 2.73. The molecule has 0 radical (unpaired) electrons. The van der Waals surface area contributed by atoms with Gasteiger partial charge in [0.2, 0.25) is 0 Å². The molecule has 0 aliphatic carbocycles. The van der Waals surface area contributed by atoms with E-state index in [0.29, 0.717) is 0 Å². The minimum atomic E-state index is -1.95. The molecule has 0 unspecified atom stereocenters. The van der Waals surface area contributed by atoms with Gasteiger partial charge < -0.3 is 9.47 Å². The molecule has 0 spiro atoms. The Bertz CT molecular complexity index is 2980. The quantitative estimate of drug-likeness (QED) is 0.170. The van der Waals surface area contributed by atoms with Crippen LogP contribution in [0.15, 0.2) is 238 Å². The highest BCUT2D eigenvalue weighted by molar-refractivity contribution is 8.34. The van der Waals surface area contributed by atoms with E-state index in [2.05, 4.69) is 204 Å². The van der Waals surface area contributed by atoms with Crippen molar-refractivity contribution in [2.24, 2.45) is 0 Å². The van der Waals surface area contributed by atoms with Crippen molar-refractivity contribution in [1.82, 2.24) is 14.5 Å². The maximum Gasteiger partial charge on any atom is 0.0819 e. The highest BCUT2D eigenvalue weighted by atomic mass is 32.3. The second-order valence-electron chi connectivity index (χ2n) is 14.2. The predicted octanol–water partition coefficient (Wildman–Crippen LogP) is 14.0. The summed E-state index contributed by atoms with van der Waals surface area (Å²) in [5.41, 5.74) is 9.89. The van der Waals surface area contributed by atoms with Crippen molar-refractivity contribution in [1.29, 1.82) is 0 Å². The lowest BCUT2D eigenvalue weighted by Crippen LogP contribution is -2.12. The summed E-state index contributed by atoms with van der Waals surface area (Å²) < 4.78 is 2.46. The molecular weight excluding hydrogens is 713 g/mol. The summed E-state index contributed by atoms with van der Waals surface area (Å²) in [6, 6.07) is 70.8. The molecule has 1 aliphatic rings. The molecule has 0 fully saturated rings. The van der Waals surface area contributed by atoms with E-state index in [4.69, 9.17) is 9.97 Å². The van der Waals surface area contributed by atoms with Crippen LogP contribution in [0, 0.1) is 0 Å². The molecule has 0 bridgehead atoms. The molecule has 5 heteroatoms. The van der Waals surface area contributed by atoms with Gasteiger partial charge in [-0.05, 0) is 83.7 Å². The van der Waals surface area contributed by atoms with Crippen LogP contribution < -0.4 is 4.90 Å². The Labute approximate surface area is 333 Å². The van der Waals surface area contributed by atoms with Gasteiger partial charge in [0.1, 0.15) is 0 Å². The average Bonchev–Trinajstić information content (AvgIpc) is 3.56. The van der Waals surface area contributed by atoms with Gasteiger partial charge in [-0.1, -0.05) is 121 Å². The van der Waals surface area contributed by atoms with E-state index in [1.807, 2.05) is 24.8 Å². The third-order valence-corrected chi connectivity index (χ3v) is 15.1. The van der Waals surface area contributed by atoms with E-state index in [1.165, 1.54) is 30.4 Å². The molecule has 4 heterocycles. The largest absolute Gasteiger partial charge is 0.307 e. The summed E-state index contributed by atoms with van der Waals surface area (Å²) in [7, 11) is -1.95. The van der Waals surface area contributed by atoms with Crippen molar-refractivity contribution in [3.63, 3.8) is 0 Å². The molecule has 0 saturated heterocycles. The van der Waals surface area contributed by atoms with Crippen molar-refractivity contribution in [3.05, 3.63) is 219 Å². The first kappa shape index (κ1) is 33.2. The van der Waals surface area contributed by atoms with Gasteiger partial charge in [-0.2, -0.15) is 0 Å². The topological polar surface area (TPSA) is 34.0 Å². The molecule has 4 nitrogen and oxygen atoms in total. The molecule has 0 N–H and O–H groups in total. The van der Waals surface area contributed by atoms with Crippen LogP contribution in [0.3, 0.4) is 0 Å². The molecular formula is C52H36N4S. The SMILES string of the molecule is c1ccc(S(c2ccccc2)(c2ccccc2)c2cccc(N3c4ccncc4-c4ccccc4-c4c3c3cnccc3n4-c3cccc4ccccc34)c2)cc1. The molecule has 3 aromatic heterocycles. The molecule has 1 aliphatic heterocycles. The lowest BCUT2D eigenvalue weighted by Gasteiger charge is -2.42. The normalized spacial score (nSPS) is 12.5. The van der Waals surface area contributed by atoms with Crippen molar-refractivity contribution < 1.29 is 0 Å². The second kappa shape index (κ2) is 13.5. The van der Waals surface area contributed by atoms with Crippen molar-refractivity contribution >= 4 is 48.8 Å². The van der Waals surface area contributed by atoms with Crippen molar-refractivity contribution in [2.75, 3.05) is 4.90 Å². The third-order valence-electron chi connectivity index (χ3n) is 11.2. The standard InChI is InChI=1S/C52H36N4S/c1-4-19-39(20-5-1)57(40-21-6-2-7-22-40,41-23-8-3-9-24-41)42-25-15-18-38(34-42)55-49-30-32-53-35-46(49)44-27-12-13-28-45(44)51-52(55)47-36-54-33-31-50(47)56(51)48-29-14-17-37-16-10-11-26-43(37)48/h1-36H. The molecule has 57 heavy (non-hydrogen) atoms. The van der Waals surface area contributed by atoms with E-state index in [-0.39, 0.29) is 0 Å². The van der Waals surface area contributed by atoms with Crippen LogP contribution >= 0.6 is 10.0 Å². The van der Waals surface area contributed by atoms with Gasteiger partial charge in [-0.25, -0.2) is 0 Å². The van der Waals surface area contributed by atoms with Crippen LogP contribution in [-0.2, 0) is 0 Å². The number of fused-ring (bicyclic) bond motifs is 8. The van der Waals surface area contributed by atoms with Crippen LogP contribution in [0.2, 0.25) is 0 Å². The second-order valence-corrected chi connectivity index (χ2v) is 17.4. The van der Waals surface area contributed by atoms with E-state index >= 15 is 0 Å². The first-order valence-corrected chi connectivity index (χ1v) is 20.8. The van der Waals surface area contributed by atoms with Crippen LogP contribution in [0.1, 0.15) is 0 Å². The average molecular weight is 749 g/mol. The maximum absolute atomic E-state index is 4.79. The molecule has 270 valence electrons. The molecule has 11 rings (SSSR count). The zero-order chi connectivity index (χ0) is 37.8. The number of aromatic nitrogens is 3. The number of rotatable bonds is 6. The summed E-state index contributed by atoms with van der Waals surface area (Å²) in [6.45, 7) is 0. The summed E-state index contributed by atoms with van der Waals surface area (Å²) >= 11 is 0. The number of anilines is 3. The van der Waals surface area contributed by atoms with Crippen LogP contribution in [-0.4, -0.2) is 14.5 Å². The minimum Gasteiger partial charge on any atom is -0.307 e. The van der Waals surface area contributed by atoms with Gasteiger partial charge in [0.15, 0.2) is 0 Å². The fraction of sp³-hybridized carbons (Fsp3) is 0. The summed E-state index contributed by atoms with van der Waals surface area (Å²) in [4.78, 5) is 17.1. The van der Waals surface area contributed by atoms with Gasteiger partial charge in [-0.3, -0.25) is 9.97 Å². The number of hydrogen-bond acceptors (Lipinski definition) is 3. The zero-order valence-electron chi connectivity index (χ0n) is 31.0. The lowest BCUT2D eigenvalue weighted by atomic mass is 9.98. The lowest BCUT2D eigenvalue weighted by molar-refractivity contribution is 1.14. The highest BCUT2D eigenvalue weighted by Gasteiger charge is 2.36. The Morgan fingerprint density at radius 3 is 1.72 bits per heavy atom. The minimum absolute atomic E-state index is 1.06. The van der Waals surface area contributed by atoms with Gasteiger partial charge >= 0.3 is 0 Å². The summed E-state index contributed by atoms with van der Waals surface area (Å²) in [5, 5.41) is 3.45. The van der Waals surface area contributed by atoms with E-state index in [9.17, 15) is 0 Å². The van der Waals surface area contributed by atoms with Crippen LogP contribution in [0.5, 0.6) is 0 Å². The number of nitrogens with zero attached hydrogens (tertiary/aromatic N) is 4. The third kappa shape index (κ3) is 5.10. The number of hydrogen-bond donors (Lipinski definition) is 0. The molecule has 0 amide bonds. The smallest absolute Gasteiger partial charge is 0.0819 e. The fourth-order valence-corrected chi connectivity index (χ4v) is 12.8. The summed E-state index contributed by atoms with van der Waals surface area (Å²) in [6.07, 6.45) is 7.89. The fourth-order valence-electron chi connectivity index (χ4n) is 8.85. The zero-order valence-corrected chi connectivity index (χ0v) is 31.8. The number of pyridine rings is 2. The first-order valence-electron chi connectivity index (χ1n) is 19.2. The Balaban J connectivity index is 1.27. The van der Waals surface area contributed by atoms with E-state index in [1.54, 1.807) is 0 Å².